The lowest BCUT2D eigenvalue weighted by Crippen LogP contribution is -2.49. The van der Waals surface area contributed by atoms with Crippen LogP contribution in [0.4, 0.5) is 0 Å². The van der Waals surface area contributed by atoms with E-state index in [4.69, 9.17) is 10.2 Å². The quantitative estimate of drug-likeness (QED) is 0.612. The van der Waals surface area contributed by atoms with Gasteiger partial charge < -0.3 is 10.2 Å². The summed E-state index contributed by atoms with van der Waals surface area (Å²) in [5, 5.41) is 0.297. The predicted molar refractivity (Wildman–Crippen MR) is 82.3 cm³/mol. The fourth-order valence-corrected chi connectivity index (χ4v) is 3.79. The smallest absolute Gasteiger partial charge is 0.192 e. The molecule has 1 fully saturated rings. The molecule has 0 aromatic carbocycles. The van der Waals surface area contributed by atoms with Gasteiger partial charge in [0.1, 0.15) is 0 Å². The van der Waals surface area contributed by atoms with Crippen molar-refractivity contribution in [3.05, 3.63) is 12.7 Å². The van der Waals surface area contributed by atoms with Gasteiger partial charge in [-0.25, -0.2) is 0 Å². The van der Waals surface area contributed by atoms with Gasteiger partial charge in [-0.3, -0.25) is 0 Å². The third-order valence-electron chi connectivity index (χ3n) is 4.75. The Kier molecular flexibility index (Phi) is 4.85. The van der Waals surface area contributed by atoms with Gasteiger partial charge in [0.2, 0.25) is 0 Å². The van der Waals surface area contributed by atoms with Gasteiger partial charge in [-0.05, 0) is 50.2 Å². The topological polar surface area (TPSA) is 35.2 Å². The van der Waals surface area contributed by atoms with E-state index in [1.165, 1.54) is 0 Å². The molecule has 106 valence electrons. The largest absolute Gasteiger partial charge is 0.414 e. The van der Waals surface area contributed by atoms with Crippen molar-refractivity contribution in [2.45, 2.75) is 82.7 Å². The zero-order valence-electron chi connectivity index (χ0n) is 12.9. The first-order chi connectivity index (χ1) is 8.10. The first-order valence-electron chi connectivity index (χ1n) is 7.17. The predicted octanol–water partition coefficient (Wildman–Crippen LogP) is 4.22. The fraction of sp³-hybridized carbons (Fsp3) is 0.867. The van der Waals surface area contributed by atoms with Crippen molar-refractivity contribution in [3.8, 4) is 0 Å². The van der Waals surface area contributed by atoms with Crippen LogP contribution < -0.4 is 5.73 Å². The number of nitrogens with two attached hydrogens (primary N) is 1. The summed E-state index contributed by atoms with van der Waals surface area (Å²) in [6.07, 6.45) is 7.66. The summed E-state index contributed by atoms with van der Waals surface area (Å²) in [5.74, 6) is 0. The van der Waals surface area contributed by atoms with E-state index in [2.05, 4.69) is 40.4 Å². The summed E-state index contributed by atoms with van der Waals surface area (Å²) < 4.78 is 6.47. The third kappa shape index (κ3) is 3.94. The standard InChI is InChI=1S/C15H31NOSi/c1-7-10-15(16)11-8-13(9-12-15)17-18(5,6)14(2,3)4/h7,13H,1,8-12,16H2,2-6H3. The van der Waals surface area contributed by atoms with Crippen LogP contribution in [0.2, 0.25) is 18.1 Å². The summed E-state index contributed by atoms with van der Waals surface area (Å²) in [4.78, 5) is 0. The highest BCUT2D eigenvalue weighted by molar-refractivity contribution is 6.74. The Balaban J connectivity index is 2.52. The van der Waals surface area contributed by atoms with Crippen LogP contribution in [0, 0.1) is 0 Å². The van der Waals surface area contributed by atoms with Crippen molar-refractivity contribution in [1.29, 1.82) is 0 Å². The Morgan fingerprint density at radius 2 is 1.83 bits per heavy atom. The van der Waals surface area contributed by atoms with Crippen LogP contribution in [0.25, 0.3) is 0 Å². The van der Waals surface area contributed by atoms with Crippen molar-refractivity contribution in [1.82, 2.24) is 0 Å². The average Bonchev–Trinajstić information content (AvgIpc) is 2.20. The monoisotopic (exact) mass is 269 g/mol. The summed E-state index contributed by atoms with van der Waals surface area (Å²) >= 11 is 0. The highest BCUT2D eigenvalue weighted by atomic mass is 28.4. The second kappa shape index (κ2) is 5.47. The number of hydrogen-bond donors (Lipinski definition) is 1. The first-order valence-corrected chi connectivity index (χ1v) is 10.1. The van der Waals surface area contributed by atoms with E-state index in [1.54, 1.807) is 0 Å². The number of hydrogen-bond acceptors (Lipinski definition) is 2. The highest BCUT2D eigenvalue weighted by Crippen LogP contribution is 2.40. The molecule has 0 aliphatic heterocycles. The van der Waals surface area contributed by atoms with Gasteiger partial charge in [0, 0.05) is 11.6 Å². The maximum absolute atomic E-state index is 6.47. The SMILES string of the molecule is C=CCC1(N)CCC(O[Si](C)(C)C(C)(C)C)CC1. The van der Waals surface area contributed by atoms with Gasteiger partial charge >= 0.3 is 0 Å². The van der Waals surface area contributed by atoms with Crippen LogP contribution in [-0.4, -0.2) is 20.0 Å². The average molecular weight is 270 g/mol. The molecule has 0 aromatic heterocycles. The van der Waals surface area contributed by atoms with E-state index in [9.17, 15) is 0 Å². The molecule has 0 aromatic rings. The molecule has 2 N–H and O–H groups in total. The minimum Gasteiger partial charge on any atom is -0.414 e. The Bertz CT molecular complexity index is 285. The second-order valence-electron chi connectivity index (χ2n) is 7.43. The zero-order chi connectivity index (χ0) is 14.0. The molecule has 1 aliphatic carbocycles. The molecule has 0 heterocycles. The van der Waals surface area contributed by atoms with E-state index in [0.717, 1.165) is 32.1 Å². The molecule has 1 rings (SSSR count). The molecule has 1 aliphatic rings. The lowest BCUT2D eigenvalue weighted by atomic mass is 9.79. The summed E-state index contributed by atoms with van der Waals surface area (Å²) in [5.41, 5.74) is 6.35. The molecule has 0 amide bonds. The number of rotatable bonds is 4. The molecule has 0 radical (unpaired) electrons. The van der Waals surface area contributed by atoms with Gasteiger partial charge in [-0.15, -0.1) is 6.58 Å². The Morgan fingerprint density at radius 3 is 2.22 bits per heavy atom. The van der Waals surface area contributed by atoms with E-state index in [0.29, 0.717) is 11.1 Å². The molecule has 2 nitrogen and oxygen atoms in total. The van der Waals surface area contributed by atoms with Crippen LogP contribution in [0.15, 0.2) is 12.7 Å². The van der Waals surface area contributed by atoms with Crippen molar-refractivity contribution < 1.29 is 4.43 Å². The van der Waals surface area contributed by atoms with E-state index < -0.39 is 8.32 Å². The maximum atomic E-state index is 6.47. The molecule has 18 heavy (non-hydrogen) atoms. The van der Waals surface area contributed by atoms with Crippen molar-refractivity contribution >= 4 is 8.32 Å². The lowest BCUT2D eigenvalue weighted by Gasteiger charge is -2.43. The molecule has 0 saturated heterocycles. The Hall–Kier alpha value is -0.123. The van der Waals surface area contributed by atoms with Crippen LogP contribution >= 0.6 is 0 Å². The first kappa shape index (κ1) is 15.9. The van der Waals surface area contributed by atoms with Crippen LogP contribution in [0.3, 0.4) is 0 Å². The van der Waals surface area contributed by atoms with E-state index in [1.807, 2.05) is 6.08 Å². The summed E-state index contributed by atoms with van der Waals surface area (Å²) in [7, 11) is -1.62. The molecular weight excluding hydrogens is 238 g/mol. The van der Waals surface area contributed by atoms with Crippen LogP contribution in [-0.2, 0) is 4.43 Å². The Labute approximate surface area is 114 Å². The second-order valence-corrected chi connectivity index (χ2v) is 12.2. The fourth-order valence-electron chi connectivity index (χ4n) is 2.37. The van der Waals surface area contributed by atoms with Gasteiger partial charge in [-0.1, -0.05) is 26.8 Å². The highest BCUT2D eigenvalue weighted by Gasteiger charge is 2.41. The minimum atomic E-state index is -1.62. The molecule has 0 spiro atoms. The van der Waals surface area contributed by atoms with Crippen molar-refractivity contribution in [2.24, 2.45) is 5.73 Å². The van der Waals surface area contributed by atoms with Crippen molar-refractivity contribution in [3.63, 3.8) is 0 Å². The molecule has 0 unspecified atom stereocenters. The molecular formula is C15H31NOSi. The van der Waals surface area contributed by atoms with Crippen LogP contribution in [0.1, 0.15) is 52.9 Å². The van der Waals surface area contributed by atoms with Gasteiger partial charge in [-0.2, -0.15) is 0 Å². The van der Waals surface area contributed by atoms with Crippen molar-refractivity contribution in [2.75, 3.05) is 0 Å². The van der Waals surface area contributed by atoms with E-state index in [-0.39, 0.29) is 5.54 Å². The minimum absolute atomic E-state index is 0.0188. The molecule has 0 atom stereocenters. The molecule has 1 saturated carbocycles. The summed E-state index contributed by atoms with van der Waals surface area (Å²) in [6, 6.07) is 0. The van der Waals surface area contributed by atoms with E-state index >= 15 is 0 Å². The zero-order valence-corrected chi connectivity index (χ0v) is 13.9. The van der Waals surface area contributed by atoms with Crippen LogP contribution in [0.5, 0.6) is 0 Å². The van der Waals surface area contributed by atoms with Gasteiger partial charge in [0.15, 0.2) is 8.32 Å². The van der Waals surface area contributed by atoms with Gasteiger partial charge in [0.05, 0.1) is 0 Å². The molecule has 0 bridgehead atoms. The third-order valence-corrected chi connectivity index (χ3v) is 9.28. The lowest BCUT2D eigenvalue weighted by molar-refractivity contribution is 0.106. The van der Waals surface area contributed by atoms with Gasteiger partial charge in [0.25, 0.3) is 0 Å². The Morgan fingerprint density at radius 1 is 1.33 bits per heavy atom. The summed E-state index contributed by atoms with van der Waals surface area (Å²) in [6.45, 7) is 15.4. The normalized spacial score (nSPS) is 30.2. The molecule has 3 heteroatoms. The maximum Gasteiger partial charge on any atom is 0.192 e.